The van der Waals surface area contributed by atoms with Gasteiger partial charge in [0.25, 0.3) is 0 Å². The van der Waals surface area contributed by atoms with Gasteiger partial charge in [-0.1, -0.05) is 146 Å². The van der Waals surface area contributed by atoms with E-state index in [1.807, 2.05) is 0 Å². The number of aromatic nitrogens is 1. The predicted molar refractivity (Wildman–Crippen MR) is 247 cm³/mol. The zero-order valence-electron chi connectivity index (χ0n) is 37.7. The number of hydrogen-bond acceptors (Lipinski definition) is 3. The third kappa shape index (κ3) is 12.8. The second-order valence-corrected chi connectivity index (χ2v) is 20.1. The van der Waals surface area contributed by atoms with Crippen LogP contribution in [0.5, 0.6) is 0 Å². The number of benzene rings is 2. The van der Waals surface area contributed by atoms with E-state index >= 15 is 0 Å². The minimum Gasteiger partial charge on any atom is -1.00 e. The molecular formula is C55H75Cl3CoN3. The Morgan fingerprint density at radius 3 is 0.855 bits per heavy atom. The summed E-state index contributed by atoms with van der Waals surface area (Å²) < 4.78 is 0. The Hall–Kier alpha value is -1.69. The van der Waals surface area contributed by atoms with Gasteiger partial charge in [0.05, 0.1) is 35.2 Å². The van der Waals surface area contributed by atoms with Gasteiger partial charge in [0.15, 0.2) is 0 Å². The van der Waals surface area contributed by atoms with Crippen LogP contribution in [0, 0.1) is 0 Å². The minimum absolute atomic E-state index is 0. The maximum atomic E-state index is 5.55. The van der Waals surface area contributed by atoms with Crippen molar-refractivity contribution in [2.75, 3.05) is 0 Å². The molecule has 0 aliphatic heterocycles. The van der Waals surface area contributed by atoms with Crippen molar-refractivity contribution in [3.8, 4) is 0 Å². The molecule has 62 heavy (non-hydrogen) atoms. The fourth-order valence-electron chi connectivity index (χ4n) is 12.8. The van der Waals surface area contributed by atoms with Gasteiger partial charge in [0.2, 0.25) is 0 Å². The molecule has 7 heteroatoms. The molecule has 0 unspecified atom stereocenters. The van der Waals surface area contributed by atoms with Crippen LogP contribution in [-0.4, -0.2) is 17.4 Å². The normalized spacial score (nSPS) is 21.8. The van der Waals surface area contributed by atoms with E-state index in [2.05, 4.69) is 54.9 Å². The van der Waals surface area contributed by atoms with Gasteiger partial charge in [-0.25, -0.2) is 4.98 Å². The maximum absolute atomic E-state index is 5.55. The van der Waals surface area contributed by atoms with E-state index in [-0.39, 0.29) is 54.0 Å². The van der Waals surface area contributed by atoms with Gasteiger partial charge in [-0.05, 0) is 158 Å². The summed E-state index contributed by atoms with van der Waals surface area (Å²) in [5, 5.41) is 0. The summed E-state index contributed by atoms with van der Waals surface area (Å²) in [4.78, 5) is 16.3. The van der Waals surface area contributed by atoms with Gasteiger partial charge in [-0.2, -0.15) is 0 Å². The Morgan fingerprint density at radius 1 is 0.355 bits per heavy atom. The monoisotopic (exact) mass is 941 g/mol. The first-order valence-electron chi connectivity index (χ1n) is 25.2. The molecule has 2 aromatic carbocycles. The summed E-state index contributed by atoms with van der Waals surface area (Å²) in [5.41, 5.74) is 14.1. The van der Waals surface area contributed by atoms with Crippen molar-refractivity contribution in [2.24, 2.45) is 9.98 Å². The largest absolute Gasteiger partial charge is 3.00 e. The maximum Gasteiger partial charge on any atom is 3.00 e. The fourth-order valence-corrected chi connectivity index (χ4v) is 12.8. The van der Waals surface area contributed by atoms with Gasteiger partial charge in [-0.15, -0.1) is 0 Å². The number of hydrogen-bond donors (Lipinski definition) is 0. The molecule has 0 radical (unpaired) electrons. The van der Waals surface area contributed by atoms with Crippen LogP contribution in [0.15, 0.2) is 52.4 Å². The van der Waals surface area contributed by atoms with Crippen molar-refractivity contribution in [1.29, 1.82) is 0 Å². The third-order valence-corrected chi connectivity index (χ3v) is 16.2. The van der Waals surface area contributed by atoms with E-state index in [9.17, 15) is 0 Å². The SMILES string of the molecule is C(=Nc1c(C2CCCCC2)cc(C2CCCCC2)cc1C1CCCCC1)c1cccc(C=Nc2c(C3CCCCC3)cc(C3CCCCC3)cc2C2CCCCC2)n1.[Cl-].[Cl-].[Cl-].[Co+3]. The molecule has 0 bridgehead atoms. The molecular weight excluding hydrogens is 868 g/mol. The Kier molecular flexibility index (Phi) is 21.4. The van der Waals surface area contributed by atoms with Gasteiger partial charge >= 0.3 is 16.8 Å². The molecule has 6 fully saturated rings. The number of rotatable bonds is 10. The first kappa shape index (κ1) is 51.3. The average Bonchev–Trinajstić information content (AvgIpc) is 3.31. The molecule has 6 aliphatic carbocycles. The molecule has 6 aliphatic rings. The quantitative estimate of drug-likeness (QED) is 0.191. The van der Waals surface area contributed by atoms with E-state index in [0.29, 0.717) is 23.7 Å². The van der Waals surface area contributed by atoms with Crippen LogP contribution < -0.4 is 37.2 Å². The smallest absolute Gasteiger partial charge is 1.00 e. The Balaban J connectivity index is 0.00000181. The summed E-state index contributed by atoms with van der Waals surface area (Å²) in [6, 6.07) is 17.2. The second-order valence-electron chi connectivity index (χ2n) is 20.1. The first-order chi connectivity index (χ1) is 28.8. The Labute approximate surface area is 405 Å². The first-order valence-corrected chi connectivity index (χ1v) is 25.2. The molecule has 340 valence electrons. The van der Waals surface area contributed by atoms with E-state index in [1.54, 1.807) is 33.4 Å². The summed E-state index contributed by atoms with van der Waals surface area (Å²) >= 11 is 0. The summed E-state index contributed by atoms with van der Waals surface area (Å²) in [5.74, 6) is 4.02. The molecule has 3 nitrogen and oxygen atoms in total. The van der Waals surface area contributed by atoms with Crippen molar-refractivity contribution in [2.45, 2.75) is 228 Å². The fraction of sp³-hybridized carbons (Fsp3) is 0.655. The molecule has 1 heterocycles. The molecule has 0 N–H and O–H groups in total. The van der Waals surface area contributed by atoms with Crippen LogP contribution in [0.2, 0.25) is 0 Å². The van der Waals surface area contributed by atoms with Crippen LogP contribution in [0.4, 0.5) is 11.4 Å². The molecule has 0 atom stereocenters. The van der Waals surface area contributed by atoms with Gasteiger partial charge < -0.3 is 37.2 Å². The van der Waals surface area contributed by atoms with E-state index in [1.165, 1.54) is 204 Å². The van der Waals surface area contributed by atoms with E-state index in [4.69, 9.17) is 15.0 Å². The molecule has 0 saturated heterocycles. The summed E-state index contributed by atoms with van der Waals surface area (Å²) in [6.45, 7) is 0. The summed E-state index contributed by atoms with van der Waals surface area (Å²) in [7, 11) is 0. The molecule has 6 saturated carbocycles. The van der Waals surface area contributed by atoms with Gasteiger partial charge in [-0.3, -0.25) is 9.98 Å². The van der Waals surface area contributed by atoms with Crippen molar-refractivity contribution in [1.82, 2.24) is 4.98 Å². The number of nitrogens with zero attached hydrogens (tertiary/aromatic N) is 3. The molecule has 3 aromatic rings. The standard InChI is InChI=1S/C55H75N3.3ClH.Co/c1-7-20-40(21-8-1)46-34-50(42-24-11-3-12-25-42)54(51(35-46)43-26-13-4-14-27-43)56-38-48-32-19-33-49(58-48)39-57-55-52(44-28-15-5-16-29-44)36-47(41-22-9-2-10-23-41)37-53(55)45-30-17-6-18-31-45;;;;/h19,32-45H,1-18,20-31H2;3*1H;/q;;;;+3/p-3. The van der Waals surface area contributed by atoms with Crippen LogP contribution in [0.1, 0.15) is 273 Å². The van der Waals surface area contributed by atoms with Crippen LogP contribution in [0.25, 0.3) is 0 Å². The molecule has 1 aromatic heterocycles. The molecule has 0 spiro atoms. The topological polar surface area (TPSA) is 37.6 Å². The Bertz CT molecular complexity index is 1650. The van der Waals surface area contributed by atoms with E-state index < -0.39 is 0 Å². The van der Waals surface area contributed by atoms with Gasteiger partial charge in [0, 0.05) is 0 Å². The zero-order valence-corrected chi connectivity index (χ0v) is 41.0. The van der Waals surface area contributed by atoms with Crippen LogP contribution >= 0.6 is 0 Å². The van der Waals surface area contributed by atoms with E-state index in [0.717, 1.165) is 23.2 Å². The predicted octanol–water partition coefficient (Wildman–Crippen LogP) is 7.88. The summed E-state index contributed by atoms with van der Waals surface area (Å²) in [6.07, 6.45) is 45.1. The average molecular weight is 944 g/mol. The number of halogens is 3. The minimum atomic E-state index is 0. The zero-order chi connectivity index (χ0) is 38.9. The Morgan fingerprint density at radius 2 is 0.597 bits per heavy atom. The second kappa shape index (κ2) is 25.9. The van der Waals surface area contributed by atoms with Crippen LogP contribution in [0.3, 0.4) is 0 Å². The molecule has 9 rings (SSSR count). The van der Waals surface area contributed by atoms with Crippen molar-refractivity contribution in [3.63, 3.8) is 0 Å². The number of aliphatic imine (C=N–C) groups is 2. The van der Waals surface area contributed by atoms with Crippen LogP contribution in [-0.2, 0) is 16.8 Å². The van der Waals surface area contributed by atoms with Gasteiger partial charge in [0.1, 0.15) is 0 Å². The molecule has 0 amide bonds. The third-order valence-electron chi connectivity index (χ3n) is 16.2. The van der Waals surface area contributed by atoms with Crippen molar-refractivity contribution < 1.29 is 54.0 Å². The van der Waals surface area contributed by atoms with Crippen molar-refractivity contribution >= 4 is 23.8 Å². The number of pyridine rings is 1. The van der Waals surface area contributed by atoms with Crippen molar-refractivity contribution in [3.05, 3.63) is 87.2 Å².